The number of fused-ring (bicyclic) bond motifs is 1. The number of alkyl halides is 3. The number of hydrogen-bond acceptors (Lipinski definition) is 3. The molecule has 4 aromatic rings. The topological polar surface area (TPSA) is 76.0 Å². The number of halogens is 4. The van der Waals surface area contributed by atoms with Gasteiger partial charge in [-0.05, 0) is 48.0 Å². The Morgan fingerprint density at radius 2 is 1.79 bits per heavy atom. The number of nitrogens with one attached hydrogen (secondary N) is 2. The van der Waals surface area contributed by atoms with Crippen LogP contribution in [0.15, 0.2) is 66.9 Å². The number of rotatable bonds is 5. The molecule has 2 aromatic heterocycles. The van der Waals surface area contributed by atoms with Crippen LogP contribution < -0.4 is 10.6 Å². The molecule has 2 N–H and O–H groups in total. The maximum absolute atomic E-state index is 13.7. The first-order valence-electron chi connectivity index (χ1n) is 10.1. The van der Waals surface area contributed by atoms with Crippen LogP contribution in [-0.4, -0.2) is 21.4 Å². The molecule has 0 saturated carbocycles. The summed E-state index contributed by atoms with van der Waals surface area (Å²) in [5.41, 5.74) is 0.0185. The zero-order valence-corrected chi connectivity index (χ0v) is 17.8. The lowest BCUT2D eigenvalue weighted by molar-refractivity contribution is -0.137. The van der Waals surface area contributed by atoms with E-state index in [1.807, 2.05) is 0 Å². The lowest BCUT2D eigenvalue weighted by Crippen LogP contribution is -2.19. The number of nitrogens with zero attached hydrogens (tertiary/aromatic N) is 2. The summed E-state index contributed by atoms with van der Waals surface area (Å²) in [6.07, 6.45) is -3.14. The van der Waals surface area contributed by atoms with Gasteiger partial charge in [-0.1, -0.05) is 18.2 Å². The van der Waals surface area contributed by atoms with Crippen molar-refractivity contribution in [3.63, 3.8) is 0 Å². The molecule has 0 aliphatic rings. The third-order valence-corrected chi connectivity index (χ3v) is 5.04. The Hall–Kier alpha value is -4.21. The second kappa shape index (κ2) is 8.97. The van der Waals surface area contributed by atoms with Gasteiger partial charge in [-0.2, -0.15) is 13.2 Å². The van der Waals surface area contributed by atoms with Gasteiger partial charge in [0.25, 0.3) is 5.91 Å². The van der Waals surface area contributed by atoms with Crippen molar-refractivity contribution in [2.24, 2.45) is 0 Å². The smallest absolute Gasteiger partial charge is 0.332 e. The SMILES string of the molecule is CC(=O)Nc1ncccc1NC(=O)c1cc2ccc(C(F)(F)F)cc2n1Cc1cccc(F)c1. The van der Waals surface area contributed by atoms with E-state index in [-0.39, 0.29) is 29.3 Å². The lowest BCUT2D eigenvalue weighted by Gasteiger charge is -2.14. The van der Waals surface area contributed by atoms with Crippen LogP contribution in [0.3, 0.4) is 0 Å². The Morgan fingerprint density at radius 1 is 1.00 bits per heavy atom. The Morgan fingerprint density at radius 3 is 2.50 bits per heavy atom. The summed E-state index contributed by atoms with van der Waals surface area (Å²) in [7, 11) is 0. The van der Waals surface area contributed by atoms with E-state index in [2.05, 4.69) is 15.6 Å². The average Bonchev–Trinajstić information content (AvgIpc) is 3.12. The van der Waals surface area contributed by atoms with E-state index in [4.69, 9.17) is 0 Å². The molecule has 2 amide bonds. The van der Waals surface area contributed by atoms with Gasteiger partial charge >= 0.3 is 6.18 Å². The monoisotopic (exact) mass is 470 g/mol. The van der Waals surface area contributed by atoms with E-state index in [9.17, 15) is 27.2 Å². The summed E-state index contributed by atoms with van der Waals surface area (Å²) in [5.74, 6) is -1.42. The summed E-state index contributed by atoms with van der Waals surface area (Å²) in [6, 6.07) is 13.3. The minimum absolute atomic E-state index is 0.0447. The molecule has 10 heteroatoms. The van der Waals surface area contributed by atoms with Gasteiger partial charge in [-0.25, -0.2) is 9.37 Å². The predicted molar refractivity (Wildman–Crippen MR) is 119 cm³/mol. The molecule has 0 aliphatic carbocycles. The average molecular weight is 470 g/mol. The highest BCUT2D eigenvalue weighted by molar-refractivity contribution is 6.08. The fraction of sp³-hybridized carbons (Fsp3) is 0.125. The quantitative estimate of drug-likeness (QED) is 0.381. The first-order valence-corrected chi connectivity index (χ1v) is 10.1. The third kappa shape index (κ3) is 4.90. The van der Waals surface area contributed by atoms with Gasteiger partial charge in [0.15, 0.2) is 5.82 Å². The molecule has 4 rings (SSSR count). The fourth-order valence-corrected chi connectivity index (χ4v) is 3.57. The van der Waals surface area contributed by atoms with Gasteiger partial charge < -0.3 is 15.2 Å². The van der Waals surface area contributed by atoms with E-state index in [0.29, 0.717) is 10.9 Å². The number of amides is 2. The number of benzene rings is 2. The molecule has 0 fully saturated rings. The van der Waals surface area contributed by atoms with Crippen LogP contribution in [0.5, 0.6) is 0 Å². The Labute approximate surface area is 191 Å². The van der Waals surface area contributed by atoms with Gasteiger partial charge in [-0.15, -0.1) is 0 Å². The van der Waals surface area contributed by atoms with Crippen LogP contribution in [0.1, 0.15) is 28.5 Å². The largest absolute Gasteiger partial charge is 0.416 e. The Kier molecular flexibility index (Phi) is 6.06. The molecule has 0 spiro atoms. The number of pyridine rings is 1. The summed E-state index contributed by atoms with van der Waals surface area (Å²) in [4.78, 5) is 28.7. The number of anilines is 2. The normalized spacial score (nSPS) is 11.4. The van der Waals surface area contributed by atoms with Crippen LogP contribution in [-0.2, 0) is 17.5 Å². The molecular weight excluding hydrogens is 452 g/mol. The van der Waals surface area contributed by atoms with Crippen molar-refractivity contribution in [3.05, 3.63) is 89.5 Å². The van der Waals surface area contributed by atoms with E-state index < -0.39 is 29.4 Å². The Balaban J connectivity index is 1.80. The van der Waals surface area contributed by atoms with E-state index >= 15 is 0 Å². The molecule has 0 radical (unpaired) electrons. The summed E-state index contributed by atoms with van der Waals surface area (Å²) in [6.45, 7) is 1.24. The molecular formula is C24H18F4N4O2. The highest BCUT2D eigenvalue weighted by atomic mass is 19.4. The van der Waals surface area contributed by atoms with E-state index in [1.54, 1.807) is 12.1 Å². The Bertz CT molecular complexity index is 1400. The summed E-state index contributed by atoms with van der Waals surface area (Å²) >= 11 is 0. The van der Waals surface area contributed by atoms with Crippen LogP contribution in [0.2, 0.25) is 0 Å². The predicted octanol–water partition coefficient (Wildman–Crippen LogP) is 5.45. The van der Waals surface area contributed by atoms with Gasteiger partial charge in [0.1, 0.15) is 11.5 Å². The molecule has 0 saturated heterocycles. The lowest BCUT2D eigenvalue weighted by atomic mass is 10.1. The molecule has 34 heavy (non-hydrogen) atoms. The molecule has 0 unspecified atom stereocenters. The van der Waals surface area contributed by atoms with Crippen LogP contribution >= 0.6 is 0 Å². The minimum atomic E-state index is -4.58. The number of carbonyl (C=O) groups is 2. The van der Waals surface area contributed by atoms with Crippen LogP contribution in [0, 0.1) is 5.82 Å². The first kappa shape index (κ1) is 23.0. The minimum Gasteiger partial charge on any atom is -0.332 e. The molecule has 2 heterocycles. The van der Waals surface area contributed by atoms with Gasteiger partial charge in [0.05, 0.1) is 11.3 Å². The van der Waals surface area contributed by atoms with Crippen molar-refractivity contribution < 1.29 is 27.2 Å². The van der Waals surface area contributed by atoms with E-state index in [0.717, 1.165) is 12.1 Å². The zero-order chi connectivity index (χ0) is 24.5. The zero-order valence-electron chi connectivity index (χ0n) is 17.8. The van der Waals surface area contributed by atoms with Crippen molar-refractivity contribution in [1.29, 1.82) is 0 Å². The number of hydrogen-bond donors (Lipinski definition) is 2. The molecule has 0 bridgehead atoms. The standard InChI is InChI=1S/C24H18F4N4O2/c1-14(33)30-22-19(6-3-9-29-22)31-23(34)21-11-16-7-8-17(24(26,27)28)12-20(16)32(21)13-15-4-2-5-18(25)10-15/h2-12H,13H2,1H3,(H,31,34)(H,29,30,33). The second-order valence-corrected chi connectivity index (χ2v) is 7.55. The van der Waals surface area contributed by atoms with Gasteiger partial charge in [0, 0.05) is 30.6 Å². The second-order valence-electron chi connectivity index (χ2n) is 7.55. The van der Waals surface area contributed by atoms with Gasteiger partial charge in [-0.3, -0.25) is 9.59 Å². The molecule has 2 aromatic carbocycles. The van der Waals surface area contributed by atoms with Gasteiger partial charge in [0.2, 0.25) is 5.91 Å². The fourth-order valence-electron chi connectivity index (χ4n) is 3.57. The maximum atomic E-state index is 13.7. The van der Waals surface area contributed by atoms with Crippen molar-refractivity contribution in [3.8, 4) is 0 Å². The number of aromatic nitrogens is 2. The van der Waals surface area contributed by atoms with Crippen molar-refractivity contribution in [2.45, 2.75) is 19.6 Å². The molecule has 174 valence electrons. The maximum Gasteiger partial charge on any atom is 0.416 e. The molecule has 0 atom stereocenters. The highest BCUT2D eigenvalue weighted by Crippen LogP contribution is 2.33. The van der Waals surface area contributed by atoms with Crippen molar-refractivity contribution in [1.82, 2.24) is 9.55 Å². The van der Waals surface area contributed by atoms with E-state index in [1.165, 1.54) is 54.1 Å². The molecule has 0 aliphatic heterocycles. The van der Waals surface area contributed by atoms with Crippen LogP contribution in [0.25, 0.3) is 10.9 Å². The first-order chi connectivity index (χ1) is 16.1. The van der Waals surface area contributed by atoms with Crippen LogP contribution in [0.4, 0.5) is 29.1 Å². The summed E-state index contributed by atoms with van der Waals surface area (Å²) in [5, 5.41) is 5.55. The number of carbonyl (C=O) groups excluding carboxylic acids is 2. The summed E-state index contributed by atoms with van der Waals surface area (Å²) < 4.78 is 55.2. The van der Waals surface area contributed by atoms with Crippen molar-refractivity contribution in [2.75, 3.05) is 10.6 Å². The third-order valence-electron chi connectivity index (χ3n) is 5.04. The molecule has 6 nitrogen and oxygen atoms in total. The van der Waals surface area contributed by atoms with Crippen molar-refractivity contribution >= 4 is 34.2 Å². The highest BCUT2D eigenvalue weighted by Gasteiger charge is 2.31.